The van der Waals surface area contributed by atoms with Crippen LogP contribution in [-0.4, -0.2) is 5.71 Å². The summed E-state index contributed by atoms with van der Waals surface area (Å²) in [7, 11) is 0. The van der Waals surface area contributed by atoms with Gasteiger partial charge < -0.3 is 0 Å². The molecule has 0 N–H and O–H groups in total. The van der Waals surface area contributed by atoms with Crippen molar-refractivity contribution in [2.75, 3.05) is 0 Å². The Morgan fingerprint density at radius 3 is 1.37 bits per heavy atom. The van der Waals surface area contributed by atoms with Crippen LogP contribution in [-0.2, 0) is 4.75 Å². The van der Waals surface area contributed by atoms with E-state index < -0.39 is 0 Å². The molecule has 1 aliphatic carbocycles. The van der Waals surface area contributed by atoms with Crippen LogP contribution in [0.2, 0.25) is 0 Å². The molecule has 0 aliphatic heterocycles. The summed E-state index contributed by atoms with van der Waals surface area (Å²) in [5.41, 5.74) is 5.17. The molecule has 3 aromatic rings. The molecular formula is C25H25NS. The van der Waals surface area contributed by atoms with Gasteiger partial charge in [0, 0.05) is 5.71 Å². The number of hydrogen-bond donors (Lipinski definition) is 0. The normalized spacial score (nSPS) is 14.7. The summed E-state index contributed by atoms with van der Waals surface area (Å²) in [4.78, 5) is 0. The van der Waals surface area contributed by atoms with Gasteiger partial charge in [-0.05, 0) is 54.3 Å². The summed E-state index contributed by atoms with van der Waals surface area (Å²) < 4.78 is 4.78. The van der Waals surface area contributed by atoms with Gasteiger partial charge in [-0.25, -0.2) is 4.40 Å². The van der Waals surface area contributed by atoms with Gasteiger partial charge in [-0.1, -0.05) is 97.4 Å². The minimum Gasteiger partial charge on any atom is -0.224 e. The SMILES string of the molecule is c1ccc(C(SN=C2CCCCC2)(c2ccccc2)c2ccccc2)cc1. The first kappa shape index (κ1) is 18.1. The van der Waals surface area contributed by atoms with Crippen LogP contribution in [0, 0.1) is 0 Å². The van der Waals surface area contributed by atoms with E-state index in [1.54, 1.807) is 11.9 Å². The minimum absolute atomic E-state index is 0.339. The zero-order valence-electron chi connectivity index (χ0n) is 15.6. The first-order valence-corrected chi connectivity index (χ1v) is 10.6. The quantitative estimate of drug-likeness (QED) is 0.346. The topological polar surface area (TPSA) is 12.4 Å². The molecule has 27 heavy (non-hydrogen) atoms. The lowest BCUT2D eigenvalue weighted by Crippen LogP contribution is -2.25. The second kappa shape index (κ2) is 8.58. The Balaban J connectivity index is 1.89. The van der Waals surface area contributed by atoms with E-state index in [4.69, 9.17) is 4.40 Å². The predicted octanol–water partition coefficient (Wildman–Crippen LogP) is 7.03. The van der Waals surface area contributed by atoms with Gasteiger partial charge in [0.15, 0.2) is 0 Å². The molecule has 1 aliphatic rings. The van der Waals surface area contributed by atoms with Gasteiger partial charge in [0.05, 0.1) is 0 Å². The molecule has 0 radical (unpaired) electrons. The van der Waals surface area contributed by atoms with E-state index in [9.17, 15) is 0 Å². The van der Waals surface area contributed by atoms with E-state index in [1.807, 2.05) is 0 Å². The van der Waals surface area contributed by atoms with Crippen LogP contribution in [0.25, 0.3) is 0 Å². The highest BCUT2D eigenvalue weighted by atomic mass is 32.2. The molecule has 3 aromatic carbocycles. The van der Waals surface area contributed by atoms with Gasteiger partial charge in [0.1, 0.15) is 4.75 Å². The van der Waals surface area contributed by atoms with Crippen molar-refractivity contribution in [2.24, 2.45) is 4.40 Å². The van der Waals surface area contributed by atoms with Crippen molar-refractivity contribution in [3.05, 3.63) is 108 Å². The fourth-order valence-electron chi connectivity index (χ4n) is 3.86. The third kappa shape index (κ3) is 3.86. The van der Waals surface area contributed by atoms with Crippen LogP contribution in [0.15, 0.2) is 95.4 Å². The highest BCUT2D eigenvalue weighted by molar-refractivity contribution is 7.99. The lowest BCUT2D eigenvalue weighted by Gasteiger charge is -2.33. The summed E-state index contributed by atoms with van der Waals surface area (Å²) in [5, 5.41) is 0. The molecule has 0 saturated heterocycles. The number of nitrogens with zero attached hydrogens (tertiary/aromatic N) is 1. The number of hydrogen-bond acceptors (Lipinski definition) is 2. The maximum absolute atomic E-state index is 5.12. The summed E-state index contributed by atoms with van der Waals surface area (Å²) in [6, 6.07) is 32.4. The van der Waals surface area contributed by atoms with Crippen molar-refractivity contribution >= 4 is 17.7 Å². The molecule has 136 valence electrons. The molecule has 0 spiro atoms. The summed E-state index contributed by atoms with van der Waals surface area (Å²) in [6.45, 7) is 0. The van der Waals surface area contributed by atoms with Crippen molar-refractivity contribution < 1.29 is 0 Å². The van der Waals surface area contributed by atoms with Crippen molar-refractivity contribution in [2.45, 2.75) is 36.9 Å². The molecule has 2 heteroatoms. The van der Waals surface area contributed by atoms with E-state index >= 15 is 0 Å². The molecular weight excluding hydrogens is 346 g/mol. The maximum Gasteiger partial charge on any atom is 0.112 e. The van der Waals surface area contributed by atoms with Crippen LogP contribution in [0.5, 0.6) is 0 Å². The van der Waals surface area contributed by atoms with E-state index in [1.165, 1.54) is 41.7 Å². The molecule has 1 nitrogen and oxygen atoms in total. The molecule has 0 aromatic heterocycles. The molecule has 0 bridgehead atoms. The van der Waals surface area contributed by atoms with Crippen LogP contribution in [0.3, 0.4) is 0 Å². The summed E-state index contributed by atoms with van der Waals surface area (Å²) >= 11 is 1.72. The minimum atomic E-state index is -0.339. The van der Waals surface area contributed by atoms with Crippen molar-refractivity contribution in [1.82, 2.24) is 0 Å². The van der Waals surface area contributed by atoms with Crippen molar-refractivity contribution in [3.8, 4) is 0 Å². The molecule has 0 unspecified atom stereocenters. The highest BCUT2D eigenvalue weighted by Gasteiger charge is 2.37. The van der Waals surface area contributed by atoms with Crippen LogP contribution in [0.1, 0.15) is 48.8 Å². The monoisotopic (exact) mass is 371 g/mol. The van der Waals surface area contributed by atoms with Crippen LogP contribution >= 0.6 is 11.9 Å². The van der Waals surface area contributed by atoms with Gasteiger partial charge in [0.2, 0.25) is 0 Å². The highest BCUT2D eigenvalue weighted by Crippen LogP contribution is 2.49. The Kier molecular flexibility index (Phi) is 5.74. The van der Waals surface area contributed by atoms with Crippen LogP contribution in [0.4, 0.5) is 0 Å². The summed E-state index contributed by atoms with van der Waals surface area (Å²) in [5.74, 6) is 0. The third-order valence-corrected chi connectivity index (χ3v) is 6.61. The van der Waals surface area contributed by atoms with Gasteiger partial charge in [-0.3, -0.25) is 0 Å². The van der Waals surface area contributed by atoms with E-state index in [2.05, 4.69) is 91.0 Å². The van der Waals surface area contributed by atoms with E-state index in [0.29, 0.717) is 0 Å². The molecule has 4 rings (SSSR count). The lowest BCUT2D eigenvalue weighted by molar-refractivity contribution is 0.668. The average molecular weight is 372 g/mol. The predicted molar refractivity (Wildman–Crippen MR) is 117 cm³/mol. The van der Waals surface area contributed by atoms with Gasteiger partial charge in [0.25, 0.3) is 0 Å². The fourth-order valence-corrected chi connectivity index (χ4v) is 5.03. The third-order valence-electron chi connectivity index (χ3n) is 5.28. The number of rotatable bonds is 5. The Labute approximate surface area is 166 Å². The lowest BCUT2D eigenvalue weighted by atomic mass is 9.84. The Hall–Kier alpha value is -2.32. The molecule has 1 saturated carbocycles. The molecule has 0 heterocycles. The zero-order chi connectivity index (χ0) is 18.4. The number of benzene rings is 3. The Bertz CT molecular complexity index is 767. The maximum atomic E-state index is 5.12. The van der Waals surface area contributed by atoms with Gasteiger partial charge in [-0.2, -0.15) is 0 Å². The molecule has 0 atom stereocenters. The Morgan fingerprint density at radius 1 is 0.556 bits per heavy atom. The largest absolute Gasteiger partial charge is 0.224 e. The van der Waals surface area contributed by atoms with E-state index in [-0.39, 0.29) is 4.75 Å². The first-order valence-electron chi connectivity index (χ1n) is 9.80. The van der Waals surface area contributed by atoms with Gasteiger partial charge in [-0.15, -0.1) is 0 Å². The standard InChI is InChI=1S/C25H25NS/c1-5-13-21(14-6-1)25(22-15-7-2-8-16-22,23-17-9-3-10-18-23)27-26-24-19-11-4-12-20-24/h1-3,5-10,13-18H,4,11-12,19-20H2. The average Bonchev–Trinajstić information content (AvgIpc) is 2.77. The Morgan fingerprint density at radius 2 is 0.963 bits per heavy atom. The zero-order valence-corrected chi connectivity index (χ0v) is 16.4. The molecule has 0 amide bonds. The first-order chi connectivity index (χ1) is 13.4. The van der Waals surface area contributed by atoms with Gasteiger partial charge >= 0.3 is 0 Å². The fraction of sp³-hybridized carbons (Fsp3) is 0.240. The van der Waals surface area contributed by atoms with E-state index in [0.717, 1.165) is 12.8 Å². The van der Waals surface area contributed by atoms with Crippen LogP contribution < -0.4 is 0 Å². The smallest absolute Gasteiger partial charge is 0.112 e. The van der Waals surface area contributed by atoms with Crippen molar-refractivity contribution in [1.29, 1.82) is 0 Å². The second-order valence-corrected chi connectivity index (χ2v) is 8.07. The molecule has 1 fully saturated rings. The summed E-state index contributed by atoms with van der Waals surface area (Å²) in [6.07, 6.45) is 6.16. The second-order valence-electron chi connectivity index (χ2n) is 7.09. The van der Waals surface area contributed by atoms with Crippen molar-refractivity contribution in [3.63, 3.8) is 0 Å².